The Morgan fingerprint density at radius 2 is 1.36 bits per heavy atom. The first-order chi connectivity index (χ1) is 4.83. The number of hydrogen-bond acceptors (Lipinski definition) is 6. The van der Waals surface area contributed by atoms with Gasteiger partial charge in [-0.3, -0.25) is 0 Å². The first-order valence-electron chi connectivity index (χ1n) is 1.94. The lowest BCUT2D eigenvalue weighted by Crippen LogP contribution is -2.06. The van der Waals surface area contributed by atoms with Crippen LogP contribution in [0.4, 0.5) is 0 Å². The second-order valence-corrected chi connectivity index (χ2v) is 5.49. The molecule has 2 unspecified atom stereocenters. The third-order valence-corrected chi connectivity index (χ3v) is 4.27. The molecule has 0 aromatic carbocycles. The van der Waals surface area contributed by atoms with Crippen LogP contribution in [0.3, 0.4) is 0 Å². The average molecular weight is 241 g/mol. The summed E-state index contributed by atoms with van der Waals surface area (Å²) in [6, 6.07) is 0. The molecular formula is H5NO6P2S2. The van der Waals surface area contributed by atoms with Gasteiger partial charge in [0.05, 0.1) is 0 Å². The van der Waals surface area contributed by atoms with Crippen molar-refractivity contribution in [3.63, 3.8) is 0 Å². The van der Waals surface area contributed by atoms with E-state index in [0.29, 0.717) is 0 Å². The van der Waals surface area contributed by atoms with Crippen LogP contribution in [0.2, 0.25) is 0 Å². The summed E-state index contributed by atoms with van der Waals surface area (Å²) in [5, 5.41) is 0. The Labute approximate surface area is 73.5 Å². The van der Waals surface area contributed by atoms with Crippen LogP contribution >= 0.6 is 41.3 Å². The molecule has 0 aliphatic rings. The smallest absolute Gasteiger partial charge is 0.311 e. The number of thiol groups is 2. The van der Waals surface area contributed by atoms with Gasteiger partial charge in [0, 0.05) is 0 Å². The number of nitrogens with one attached hydrogen (secondary N) is 1. The van der Waals surface area contributed by atoms with Gasteiger partial charge in [0.25, 0.3) is 0 Å². The summed E-state index contributed by atoms with van der Waals surface area (Å²) < 4.78 is 28.2. The van der Waals surface area contributed by atoms with Gasteiger partial charge < -0.3 is 9.79 Å². The van der Waals surface area contributed by atoms with E-state index in [1.807, 2.05) is 0 Å². The van der Waals surface area contributed by atoms with Crippen LogP contribution in [-0.2, 0) is 17.1 Å². The molecule has 2 atom stereocenters. The van der Waals surface area contributed by atoms with Gasteiger partial charge in [-0.1, -0.05) is 0 Å². The molecule has 11 heteroatoms. The molecule has 0 aliphatic carbocycles. The van der Waals surface area contributed by atoms with Crippen LogP contribution < -0.4 is 4.86 Å². The van der Waals surface area contributed by atoms with Gasteiger partial charge in [-0.15, -0.1) is 4.86 Å². The third kappa shape index (κ3) is 5.24. The van der Waals surface area contributed by atoms with Crippen molar-refractivity contribution in [1.29, 1.82) is 0 Å². The lowest BCUT2D eigenvalue weighted by Gasteiger charge is -2.11. The molecule has 0 fully saturated rings. The molecule has 68 valence electrons. The zero-order chi connectivity index (χ0) is 9.12. The molecule has 0 amide bonds. The van der Waals surface area contributed by atoms with Gasteiger partial charge in [0.2, 0.25) is 0 Å². The molecule has 0 radical (unpaired) electrons. The van der Waals surface area contributed by atoms with E-state index in [1.54, 1.807) is 0 Å². The Balaban J connectivity index is 4.26. The van der Waals surface area contributed by atoms with Crippen molar-refractivity contribution in [2.24, 2.45) is 0 Å². The van der Waals surface area contributed by atoms with Gasteiger partial charge in [-0.2, -0.15) is 0 Å². The van der Waals surface area contributed by atoms with Gasteiger partial charge in [-0.25, -0.2) is 17.1 Å². The largest absolute Gasteiger partial charge is 0.423 e. The summed E-state index contributed by atoms with van der Waals surface area (Å²) in [4.78, 5) is 18.2. The lowest BCUT2D eigenvalue weighted by molar-refractivity contribution is 0.369. The van der Waals surface area contributed by atoms with Crippen LogP contribution in [-0.4, -0.2) is 9.79 Å². The molecule has 0 bridgehead atoms. The summed E-state index contributed by atoms with van der Waals surface area (Å²) in [6.07, 6.45) is 0. The van der Waals surface area contributed by atoms with Crippen molar-refractivity contribution in [1.82, 2.24) is 4.86 Å². The normalized spacial score (nSPS) is 22.2. The van der Waals surface area contributed by atoms with Crippen molar-refractivity contribution in [3.8, 4) is 0 Å². The topological polar surface area (TPSA) is 105 Å². The summed E-state index contributed by atoms with van der Waals surface area (Å²) in [6.45, 7) is 0. The maximum Gasteiger partial charge on any atom is 0.423 e. The van der Waals surface area contributed by atoms with Gasteiger partial charge in [0.1, 0.15) is 0 Å². The van der Waals surface area contributed by atoms with Crippen molar-refractivity contribution < 1.29 is 26.9 Å². The minimum Gasteiger partial charge on any atom is -0.311 e. The molecule has 0 saturated heterocycles. The third-order valence-electron chi connectivity index (χ3n) is 0.474. The summed E-state index contributed by atoms with van der Waals surface area (Å²) in [7, 11) is -8.77. The molecule has 3 N–H and O–H groups in total. The van der Waals surface area contributed by atoms with Crippen LogP contribution in [0.5, 0.6) is 0 Å². The van der Waals surface area contributed by atoms with Crippen LogP contribution in [0.25, 0.3) is 0 Å². The van der Waals surface area contributed by atoms with Gasteiger partial charge in [0.15, 0.2) is 0 Å². The maximum atomic E-state index is 10.5. The molecule has 11 heavy (non-hydrogen) atoms. The SMILES string of the molecule is O=P(O)(NP(=O)(O)OS)OS. The molecule has 0 aromatic heterocycles. The minimum absolute atomic E-state index is 1.26. The Morgan fingerprint density at radius 1 is 1.09 bits per heavy atom. The van der Waals surface area contributed by atoms with Crippen LogP contribution in [0.1, 0.15) is 0 Å². The van der Waals surface area contributed by atoms with Crippen molar-refractivity contribution in [2.75, 3.05) is 0 Å². The molecule has 0 aromatic rings. The Bertz CT molecular complexity index is 193. The predicted octanol–water partition coefficient (Wildman–Crippen LogP) is 0.500. The van der Waals surface area contributed by atoms with Gasteiger partial charge in [-0.05, 0) is 25.8 Å². The highest BCUT2D eigenvalue weighted by Crippen LogP contribution is 2.52. The molecule has 0 saturated carbocycles. The fourth-order valence-corrected chi connectivity index (χ4v) is 2.42. The molecule has 0 heterocycles. The Hall–Kier alpha value is 0.960. The summed E-state index contributed by atoms with van der Waals surface area (Å²) >= 11 is 5.93. The fourth-order valence-electron chi connectivity index (χ4n) is 0.196. The highest BCUT2D eigenvalue weighted by atomic mass is 32.1. The van der Waals surface area contributed by atoms with Crippen molar-refractivity contribution in [2.45, 2.75) is 0 Å². The number of rotatable bonds is 4. The first-order valence-corrected chi connectivity index (χ1v) is 5.83. The van der Waals surface area contributed by atoms with Crippen LogP contribution in [0, 0.1) is 0 Å². The van der Waals surface area contributed by atoms with E-state index in [0.717, 1.165) is 0 Å². The van der Waals surface area contributed by atoms with E-state index < -0.39 is 15.5 Å². The second kappa shape index (κ2) is 4.27. The molecule has 7 nitrogen and oxygen atoms in total. The Morgan fingerprint density at radius 3 is 1.55 bits per heavy atom. The quantitative estimate of drug-likeness (QED) is 0.277. The molecule has 0 aliphatic heterocycles. The van der Waals surface area contributed by atoms with E-state index in [9.17, 15) is 9.13 Å². The maximum absolute atomic E-state index is 10.5. The van der Waals surface area contributed by atoms with E-state index in [4.69, 9.17) is 9.79 Å². The van der Waals surface area contributed by atoms with E-state index in [-0.39, 0.29) is 0 Å². The Kier molecular flexibility index (Phi) is 4.64. The zero-order valence-corrected chi connectivity index (χ0v) is 8.39. The standard InChI is InChI=1S/H5NO6P2S2/c2-8(3,6-10)1-9(4,5)7-11/h10-11H,(H3,1,2,3,4,5). The minimum atomic E-state index is -4.38. The van der Waals surface area contributed by atoms with Crippen molar-refractivity contribution in [3.05, 3.63) is 0 Å². The zero-order valence-electron chi connectivity index (χ0n) is 4.82. The molecule has 0 rings (SSSR count). The van der Waals surface area contributed by atoms with E-state index >= 15 is 0 Å². The van der Waals surface area contributed by atoms with E-state index in [2.05, 4.69) is 33.8 Å². The van der Waals surface area contributed by atoms with E-state index in [1.165, 1.54) is 4.86 Å². The first kappa shape index (κ1) is 12.0. The lowest BCUT2D eigenvalue weighted by atomic mass is 13.9. The highest BCUT2D eigenvalue weighted by Gasteiger charge is 2.31. The van der Waals surface area contributed by atoms with Gasteiger partial charge >= 0.3 is 15.5 Å². The summed E-state index contributed by atoms with van der Waals surface area (Å²) in [5.74, 6) is 0. The summed E-state index contributed by atoms with van der Waals surface area (Å²) in [5.41, 5.74) is 0. The highest BCUT2D eigenvalue weighted by molar-refractivity contribution is 7.85. The fraction of sp³-hybridized carbons (Fsp3) is 0. The van der Waals surface area contributed by atoms with Crippen LogP contribution in [0.15, 0.2) is 0 Å². The van der Waals surface area contributed by atoms with Crippen molar-refractivity contribution >= 4 is 41.3 Å². The molecule has 0 spiro atoms. The predicted molar refractivity (Wildman–Crippen MR) is 42.9 cm³/mol. The second-order valence-electron chi connectivity index (χ2n) is 1.30. The average Bonchev–Trinajstić information content (AvgIpc) is 1.86. The monoisotopic (exact) mass is 241 g/mol. The number of hydrogen-bond donors (Lipinski definition) is 5. The molecular weight excluding hydrogens is 236 g/mol.